The highest BCUT2D eigenvalue weighted by atomic mass is 35.5. The van der Waals surface area contributed by atoms with Crippen LogP contribution >= 0.6 is 11.6 Å². The Labute approximate surface area is 199 Å². The smallest absolute Gasteiger partial charge is 0.292 e. The third kappa shape index (κ3) is 4.15. The largest absolute Gasteiger partial charge is 0.423 e. The molecule has 34 heavy (non-hydrogen) atoms. The van der Waals surface area contributed by atoms with E-state index in [2.05, 4.69) is 32.1 Å². The Morgan fingerprint density at radius 2 is 1.82 bits per heavy atom. The zero-order chi connectivity index (χ0) is 23.8. The zero-order valence-corrected chi connectivity index (χ0v) is 19.1. The lowest BCUT2D eigenvalue weighted by Gasteiger charge is -2.34. The minimum Gasteiger partial charge on any atom is -0.423 e. The van der Waals surface area contributed by atoms with Crippen LogP contribution in [0.4, 0.5) is 21.7 Å². The number of hydrogen-bond acceptors (Lipinski definition) is 7. The molecule has 1 fully saturated rings. The fraction of sp³-hybridized carbons (Fsp3) is 0.208. The van der Waals surface area contributed by atoms with Crippen molar-refractivity contribution in [1.82, 2.24) is 19.6 Å². The molecule has 1 aliphatic heterocycles. The van der Waals surface area contributed by atoms with Crippen LogP contribution < -0.4 is 15.8 Å². The van der Waals surface area contributed by atoms with Crippen LogP contribution in [0.2, 0.25) is 5.02 Å². The number of piperazine rings is 1. The number of likely N-dealkylation sites (N-methyl/N-ethyl adjacent to an activating group) is 1. The molecule has 0 atom stereocenters. The van der Waals surface area contributed by atoms with Crippen molar-refractivity contribution in [2.45, 2.75) is 0 Å². The van der Waals surface area contributed by atoms with Gasteiger partial charge in [0.25, 0.3) is 5.56 Å². The highest BCUT2D eigenvalue weighted by Crippen LogP contribution is 2.30. The van der Waals surface area contributed by atoms with Crippen molar-refractivity contribution >= 4 is 40.0 Å². The molecule has 1 saturated heterocycles. The lowest BCUT2D eigenvalue weighted by molar-refractivity contribution is 0.187. The molecule has 2 aromatic carbocycles. The normalized spacial score (nSPS) is 14.5. The molecule has 2 aromatic heterocycles. The molecule has 4 aromatic rings. The lowest BCUT2D eigenvalue weighted by Crippen LogP contribution is -2.44. The Morgan fingerprint density at radius 3 is 2.53 bits per heavy atom. The highest BCUT2D eigenvalue weighted by Gasteiger charge is 2.18. The topological polar surface area (TPSA) is 86.5 Å². The second kappa shape index (κ2) is 8.92. The molecular weight excluding hydrogens is 459 g/mol. The number of rotatable bonds is 4. The van der Waals surface area contributed by atoms with E-state index in [1.807, 2.05) is 24.3 Å². The quantitative estimate of drug-likeness (QED) is 0.427. The third-order valence-electron chi connectivity index (χ3n) is 5.94. The molecule has 0 spiro atoms. The second-order valence-corrected chi connectivity index (χ2v) is 8.61. The van der Waals surface area contributed by atoms with Crippen LogP contribution in [0.25, 0.3) is 22.2 Å². The maximum absolute atomic E-state index is 14.4. The van der Waals surface area contributed by atoms with Crippen molar-refractivity contribution in [2.24, 2.45) is 0 Å². The van der Waals surface area contributed by atoms with E-state index < -0.39 is 11.4 Å². The molecule has 0 saturated carbocycles. The Hall–Kier alpha value is -3.69. The maximum Gasteiger partial charge on any atom is 0.292 e. The molecule has 0 unspecified atom stereocenters. The van der Waals surface area contributed by atoms with Gasteiger partial charge in [0, 0.05) is 54.7 Å². The van der Waals surface area contributed by atoms with Crippen LogP contribution in [-0.4, -0.2) is 58.0 Å². The predicted molar refractivity (Wildman–Crippen MR) is 131 cm³/mol. The van der Waals surface area contributed by atoms with E-state index in [1.54, 1.807) is 0 Å². The first-order chi connectivity index (χ1) is 16.4. The van der Waals surface area contributed by atoms with Gasteiger partial charge in [-0.2, -0.15) is 4.98 Å². The minimum absolute atomic E-state index is 0.00670. The first kappa shape index (κ1) is 22.1. The summed E-state index contributed by atoms with van der Waals surface area (Å²) in [6.45, 7) is 4.01. The van der Waals surface area contributed by atoms with E-state index in [-0.39, 0.29) is 27.7 Å². The molecule has 2 N–H and O–H groups in total. The van der Waals surface area contributed by atoms with Crippen LogP contribution in [0, 0.1) is 5.82 Å². The van der Waals surface area contributed by atoms with Crippen molar-refractivity contribution in [2.75, 3.05) is 43.4 Å². The fourth-order valence-electron chi connectivity index (χ4n) is 4.02. The molecule has 0 radical (unpaired) electrons. The number of pyridine rings is 1. The SMILES string of the molecule is CN1CCN(c2ccc(Nc3ncc4cc(-c5c(F)cccc5Cl)c(=O)n(O)c4n3)cc2)CC1. The van der Waals surface area contributed by atoms with Crippen LogP contribution in [0.1, 0.15) is 0 Å². The summed E-state index contributed by atoms with van der Waals surface area (Å²) in [5.41, 5.74) is 0.900. The Morgan fingerprint density at radius 1 is 1.09 bits per heavy atom. The second-order valence-electron chi connectivity index (χ2n) is 8.21. The number of aromatic nitrogens is 3. The zero-order valence-electron chi connectivity index (χ0n) is 18.4. The predicted octanol–water partition coefficient (Wildman–Crippen LogP) is 3.98. The molecule has 3 heterocycles. The van der Waals surface area contributed by atoms with Crippen molar-refractivity contribution in [3.8, 4) is 11.1 Å². The van der Waals surface area contributed by atoms with Crippen molar-refractivity contribution in [1.29, 1.82) is 0 Å². The first-order valence-electron chi connectivity index (χ1n) is 10.8. The van der Waals surface area contributed by atoms with Gasteiger partial charge in [-0.15, -0.1) is 4.73 Å². The van der Waals surface area contributed by atoms with Crippen LogP contribution in [0.15, 0.2) is 59.5 Å². The number of nitrogens with one attached hydrogen (secondary N) is 1. The first-order valence-corrected chi connectivity index (χ1v) is 11.2. The van der Waals surface area contributed by atoms with Crippen LogP contribution in [0.5, 0.6) is 0 Å². The van der Waals surface area contributed by atoms with Crippen molar-refractivity contribution < 1.29 is 9.60 Å². The average Bonchev–Trinajstić information content (AvgIpc) is 2.83. The fourth-order valence-corrected chi connectivity index (χ4v) is 4.29. The summed E-state index contributed by atoms with van der Waals surface area (Å²) in [4.78, 5) is 26.0. The molecule has 10 heteroatoms. The summed E-state index contributed by atoms with van der Waals surface area (Å²) in [5, 5.41) is 14.0. The summed E-state index contributed by atoms with van der Waals surface area (Å²) in [7, 11) is 2.12. The Balaban J connectivity index is 1.42. The molecule has 0 bridgehead atoms. The Bertz CT molecular complexity index is 1400. The van der Waals surface area contributed by atoms with Crippen LogP contribution in [-0.2, 0) is 0 Å². The van der Waals surface area contributed by atoms with E-state index in [0.717, 1.165) is 37.6 Å². The molecule has 5 rings (SSSR count). The van der Waals surface area contributed by atoms with Gasteiger partial charge in [-0.25, -0.2) is 9.37 Å². The molecular formula is C24H22ClFN6O2. The monoisotopic (exact) mass is 480 g/mol. The van der Waals surface area contributed by atoms with E-state index in [0.29, 0.717) is 10.1 Å². The molecule has 8 nitrogen and oxygen atoms in total. The maximum atomic E-state index is 14.4. The highest BCUT2D eigenvalue weighted by molar-refractivity contribution is 6.33. The average molecular weight is 481 g/mol. The van der Waals surface area contributed by atoms with Gasteiger partial charge in [0.15, 0.2) is 5.65 Å². The van der Waals surface area contributed by atoms with Gasteiger partial charge in [0.05, 0.1) is 10.6 Å². The van der Waals surface area contributed by atoms with Gasteiger partial charge in [0.1, 0.15) is 5.82 Å². The van der Waals surface area contributed by atoms with Gasteiger partial charge in [-0.05, 0) is 49.5 Å². The summed E-state index contributed by atoms with van der Waals surface area (Å²) >= 11 is 6.11. The lowest BCUT2D eigenvalue weighted by atomic mass is 10.1. The Kier molecular flexibility index (Phi) is 5.80. The summed E-state index contributed by atoms with van der Waals surface area (Å²) in [6, 6.07) is 13.5. The summed E-state index contributed by atoms with van der Waals surface area (Å²) < 4.78 is 14.7. The number of nitrogens with zero attached hydrogens (tertiary/aromatic N) is 5. The molecule has 174 valence electrons. The molecule has 1 aliphatic rings. The van der Waals surface area contributed by atoms with Crippen LogP contribution in [0.3, 0.4) is 0 Å². The number of hydrogen-bond donors (Lipinski definition) is 2. The van der Waals surface area contributed by atoms with Gasteiger partial charge < -0.3 is 20.3 Å². The standard InChI is InChI=1S/C24H22ClFN6O2/c1-30-9-11-31(12-10-30)17-7-5-16(6-8-17)28-24-27-14-15-13-18(23(33)32(34)22(15)29-24)21-19(25)3-2-4-20(21)26/h2-8,13-14,34H,9-12H2,1H3,(H,27,28,29). The summed E-state index contributed by atoms with van der Waals surface area (Å²) in [6.07, 6.45) is 1.45. The number of halogens is 2. The van der Waals surface area contributed by atoms with Gasteiger partial charge in [0.2, 0.25) is 5.95 Å². The molecule has 0 amide bonds. The van der Waals surface area contributed by atoms with E-state index in [4.69, 9.17) is 11.6 Å². The number of fused-ring (bicyclic) bond motifs is 1. The number of anilines is 3. The van der Waals surface area contributed by atoms with E-state index >= 15 is 0 Å². The van der Waals surface area contributed by atoms with Crippen molar-refractivity contribution in [3.05, 3.63) is 75.9 Å². The molecule has 0 aliphatic carbocycles. The van der Waals surface area contributed by atoms with E-state index in [1.165, 1.54) is 30.5 Å². The van der Waals surface area contributed by atoms with Gasteiger partial charge in [-0.1, -0.05) is 17.7 Å². The summed E-state index contributed by atoms with van der Waals surface area (Å²) in [5.74, 6) is -0.457. The third-order valence-corrected chi connectivity index (χ3v) is 6.26. The van der Waals surface area contributed by atoms with Gasteiger partial charge >= 0.3 is 0 Å². The minimum atomic E-state index is -0.833. The number of benzene rings is 2. The van der Waals surface area contributed by atoms with E-state index in [9.17, 15) is 14.4 Å². The van der Waals surface area contributed by atoms with Gasteiger partial charge in [-0.3, -0.25) is 4.79 Å². The van der Waals surface area contributed by atoms with Crippen molar-refractivity contribution in [3.63, 3.8) is 0 Å².